The van der Waals surface area contributed by atoms with Gasteiger partial charge in [0.1, 0.15) is 6.54 Å². The van der Waals surface area contributed by atoms with Crippen molar-refractivity contribution < 1.29 is 14.4 Å². The summed E-state index contributed by atoms with van der Waals surface area (Å²) in [6.45, 7) is 4.19. The van der Waals surface area contributed by atoms with Crippen LogP contribution in [0.5, 0.6) is 0 Å². The molecule has 1 aromatic carbocycles. The third-order valence-electron chi connectivity index (χ3n) is 4.29. The van der Waals surface area contributed by atoms with Gasteiger partial charge >= 0.3 is 0 Å². The zero-order valence-corrected chi connectivity index (χ0v) is 15.5. The summed E-state index contributed by atoms with van der Waals surface area (Å²) in [5, 5.41) is 0. The average molecular weight is 369 g/mol. The molecule has 3 amide bonds. The number of imide groups is 1. The summed E-state index contributed by atoms with van der Waals surface area (Å²) < 4.78 is 2.79. The van der Waals surface area contributed by atoms with Gasteiger partial charge in [0.2, 0.25) is 11.8 Å². The summed E-state index contributed by atoms with van der Waals surface area (Å²) in [6, 6.07) is 6.10. The highest BCUT2D eigenvalue weighted by Gasteiger charge is 2.30. The molecule has 0 saturated carbocycles. The fourth-order valence-electron chi connectivity index (χ4n) is 2.85. The van der Waals surface area contributed by atoms with Crippen molar-refractivity contribution in [3.63, 3.8) is 0 Å². The maximum Gasteiger partial charge on any atom is 0.268 e. The van der Waals surface area contributed by atoms with Gasteiger partial charge in [0, 0.05) is 12.8 Å². The molecule has 1 aliphatic rings. The first-order chi connectivity index (χ1) is 12.4. The molecule has 0 aliphatic carbocycles. The van der Waals surface area contributed by atoms with E-state index in [9.17, 15) is 14.4 Å². The zero-order chi connectivity index (χ0) is 18.8. The van der Waals surface area contributed by atoms with Crippen LogP contribution in [0.3, 0.4) is 0 Å². The van der Waals surface area contributed by atoms with Crippen LogP contribution in [0.4, 0.5) is 0 Å². The van der Waals surface area contributed by atoms with Crippen LogP contribution >= 0.6 is 11.3 Å². The molecule has 0 unspecified atom stereocenters. The molecule has 1 aliphatic heterocycles. The van der Waals surface area contributed by atoms with E-state index < -0.39 is 5.91 Å². The lowest BCUT2D eigenvalue weighted by atomic mass is 10.0. The van der Waals surface area contributed by atoms with Crippen LogP contribution in [0.15, 0.2) is 23.2 Å². The van der Waals surface area contributed by atoms with E-state index in [0.717, 1.165) is 15.1 Å². The highest BCUT2D eigenvalue weighted by atomic mass is 32.1. The lowest BCUT2D eigenvalue weighted by Crippen LogP contribution is -2.34. The van der Waals surface area contributed by atoms with Gasteiger partial charge in [-0.3, -0.25) is 19.3 Å². The Labute approximate surface area is 155 Å². The Morgan fingerprint density at radius 3 is 2.62 bits per heavy atom. The average Bonchev–Trinajstić information content (AvgIpc) is 3.09. The van der Waals surface area contributed by atoms with E-state index >= 15 is 0 Å². The van der Waals surface area contributed by atoms with Crippen molar-refractivity contribution in [2.45, 2.75) is 39.2 Å². The Bertz CT molecular complexity index is 991. The maximum atomic E-state index is 12.3. The van der Waals surface area contributed by atoms with Crippen LogP contribution in [0.1, 0.15) is 38.2 Å². The van der Waals surface area contributed by atoms with Crippen molar-refractivity contribution in [1.82, 2.24) is 9.47 Å². The lowest BCUT2D eigenvalue weighted by molar-refractivity contribution is -0.141. The molecule has 1 fully saturated rings. The van der Waals surface area contributed by atoms with Crippen molar-refractivity contribution in [2.75, 3.05) is 6.54 Å². The quantitative estimate of drug-likeness (QED) is 0.612. The van der Waals surface area contributed by atoms with E-state index in [0.29, 0.717) is 10.7 Å². The van der Waals surface area contributed by atoms with Gasteiger partial charge in [-0.1, -0.05) is 37.2 Å². The number of fused-ring (bicyclic) bond motifs is 1. The largest absolute Gasteiger partial charge is 0.305 e. The van der Waals surface area contributed by atoms with Crippen LogP contribution in [-0.2, 0) is 20.9 Å². The van der Waals surface area contributed by atoms with Crippen LogP contribution in [0.2, 0.25) is 0 Å². The maximum absolute atomic E-state index is 12.3. The van der Waals surface area contributed by atoms with E-state index in [1.54, 1.807) is 4.57 Å². The number of hydrogen-bond donors (Lipinski definition) is 0. The highest BCUT2D eigenvalue weighted by Crippen LogP contribution is 2.23. The molecule has 0 spiro atoms. The van der Waals surface area contributed by atoms with Crippen molar-refractivity contribution in [1.29, 1.82) is 0 Å². The first kappa shape index (κ1) is 18.1. The van der Waals surface area contributed by atoms with Crippen molar-refractivity contribution in [3.8, 4) is 12.3 Å². The fraction of sp³-hybridized carbons (Fsp3) is 0.368. The molecule has 7 heteroatoms. The monoisotopic (exact) mass is 369 g/mol. The molecular weight excluding hydrogens is 350 g/mol. The minimum atomic E-state index is -0.532. The smallest absolute Gasteiger partial charge is 0.268 e. The minimum Gasteiger partial charge on any atom is -0.305 e. The van der Waals surface area contributed by atoms with Gasteiger partial charge in [0.15, 0.2) is 4.80 Å². The number of likely N-dealkylation sites (tertiary alicyclic amines) is 1. The van der Waals surface area contributed by atoms with Gasteiger partial charge < -0.3 is 4.57 Å². The number of terminal acetylenes is 1. The predicted molar refractivity (Wildman–Crippen MR) is 99.3 cm³/mol. The van der Waals surface area contributed by atoms with E-state index in [2.05, 4.69) is 30.8 Å². The first-order valence-corrected chi connectivity index (χ1v) is 9.20. The van der Waals surface area contributed by atoms with E-state index in [-0.39, 0.29) is 37.7 Å². The molecule has 134 valence electrons. The molecule has 1 aromatic heterocycles. The fourth-order valence-corrected chi connectivity index (χ4v) is 3.95. The van der Waals surface area contributed by atoms with E-state index in [1.807, 2.05) is 12.1 Å². The normalized spacial score (nSPS) is 15.3. The van der Waals surface area contributed by atoms with Gasteiger partial charge in [0.05, 0.1) is 16.8 Å². The standard InChI is InChI=1S/C19H19N3O3S/c1-4-9-21-14-6-5-13(12(2)3)10-15(14)26-19(21)20-16(23)11-22-17(24)7-8-18(22)25/h1,5-6,10,12H,7-9,11H2,2-3H3. The van der Waals surface area contributed by atoms with Crippen molar-refractivity contribution in [2.24, 2.45) is 4.99 Å². The summed E-state index contributed by atoms with van der Waals surface area (Å²) in [6.07, 6.45) is 5.78. The first-order valence-electron chi connectivity index (χ1n) is 8.38. The van der Waals surface area contributed by atoms with Gasteiger partial charge in [-0.25, -0.2) is 0 Å². The molecule has 0 bridgehead atoms. The van der Waals surface area contributed by atoms with Gasteiger partial charge in [-0.15, -0.1) is 6.42 Å². The molecule has 0 atom stereocenters. The second-order valence-corrected chi connectivity index (χ2v) is 7.45. The predicted octanol–water partition coefficient (Wildman–Crippen LogP) is 2.04. The number of benzene rings is 1. The minimum absolute atomic E-state index is 0.157. The molecule has 3 rings (SSSR count). The van der Waals surface area contributed by atoms with Crippen LogP contribution in [0.25, 0.3) is 10.2 Å². The SMILES string of the molecule is C#CCn1c(=NC(=O)CN2C(=O)CCC2=O)sc2cc(C(C)C)ccc21. The van der Waals surface area contributed by atoms with Gasteiger partial charge in [0.25, 0.3) is 5.91 Å². The lowest BCUT2D eigenvalue weighted by Gasteiger charge is -2.10. The Balaban J connectivity index is 1.99. The van der Waals surface area contributed by atoms with E-state index in [4.69, 9.17) is 6.42 Å². The number of carbonyl (C=O) groups is 3. The highest BCUT2D eigenvalue weighted by molar-refractivity contribution is 7.16. The number of carbonyl (C=O) groups excluding carboxylic acids is 3. The van der Waals surface area contributed by atoms with Crippen molar-refractivity contribution >= 4 is 39.3 Å². The Morgan fingerprint density at radius 1 is 1.31 bits per heavy atom. The third-order valence-corrected chi connectivity index (χ3v) is 5.33. The van der Waals surface area contributed by atoms with Gasteiger partial charge in [-0.05, 0) is 23.6 Å². The number of nitrogens with zero attached hydrogens (tertiary/aromatic N) is 3. The summed E-state index contributed by atoms with van der Waals surface area (Å²) in [5.41, 5.74) is 2.11. The summed E-state index contributed by atoms with van der Waals surface area (Å²) in [5.74, 6) is 1.78. The molecule has 2 heterocycles. The summed E-state index contributed by atoms with van der Waals surface area (Å²) >= 11 is 1.37. The van der Waals surface area contributed by atoms with Crippen LogP contribution in [0, 0.1) is 12.3 Å². The van der Waals surface area contributed by atoms with Crippen molar-refractivity contribution in [3.05, 3.63) is 28.6 Å². The zero-order valence-electron chi connectivity index (χ0n) is 14.7. The topological polar surface area (TPSA) is 71.7 Å². The molecule has 2 aromatic rings. The number of amides is 3. The Hall–Kier alpha value is -2.72. The second-order valence-electron chi connectivity index (χ2n) is 6.44. The number of thiazole rings is 1. The third kappa shape index (κ3) is 3.46. The molecule has 26 heavy (non-hydrogen) atoms. The number of hydrogen-bond acceptors (Lipinski definition) is 4. The van der Waals surface area contributed by atoms with Gasteiger partial charge in [-0.2, -0.15) is 4.99 Å². The summed E-state index contributed by atoms with van der Waals surface area (Å²) in [7, 11) is 0. The molecular formula is C19H19N3O3S. The van der Waals surface area contributed by atoms with Crippen LogP contribution < -0.4 is 4.80 Å². The second kappa shape index (κ2) is 7.26. The van der Waals surface area contributed by atoms with E-state index in [1.165, 1.54) is 16.9 Å². The molecule has 1 saturated heterocycles. The van der Waals surface area contributed by atoms with Crippen LogP contribution in [-0.4, -0.2) is 33.7 Å². The Kier molecular flexibility index (Phi) is 5.05. The molecule has 6 nitrogen and oxygen atoms in total. The Morgan fingerprint density at radius 2 is 2.00 bits per heavy atom. The number of rotatable bonds is 4. The number of aromatic nitrogens is 1. The summed E-state index contributed by atoms with van der Waals surface area (Å²) in [4.78, 5) is 41.2. The molecule has 0 radical (unpaired) electrons. The molecule has 0 N–H and O–H groups in total.